The summed E-state index contributed by atoms with van der Waals surface area (Å²) in [4.78, 5) is 10.3. The zero-order chi connectivity index (χ0) is 10.9. The van der Waals surface area contributed by atoms with Crippen LogP contribution in [0.2, 0.25) is 0 Å². The molecule has 0 aliphatic rings. The highest BCUT2D eigenvalue weighted by Crippen LogP contribution is 2.25. The molecular formula is C8H3F4O2. The molecule has 0 aliphatic heterocycles. The highest BCUT2D eigenvalue weighted by molar-refractivity contribution is 5.69. The summed E-state index contributed by atoms with van der Waals surface area (Å²) in [6.45, 7) is 0.839. The minimum absolute atomic E-state index is 0.839. The van der Waals surface area contributed by atoms with Crippen molar-refractivity contribution in [3.8, 4) is 5.75 Å². The molecule has 0 N–H and O–H groups in total. The lowest BCUT2D eigenvalue weighted by molar-refractivity contribution is -0.132. The molecule has 1 radical (unpaired) electrons. The summed E-state index contributed by atoms with van der Waals surface area (Å²) in [5.74, 6) is -9.57. The summed E-state index contributed by atoms with van der Waals surface area (Å²) in [5.41, 5.74) is 0. The Hall–Kier alpha value is -1.59. The second-order valence-corrected chi connectivity index (χ2v) is 2.30. The van der Waals surface area contributed by atoms with Crippen molar-refractivity contribution in [2.24, 2.45) is 0 Å². The van der Waals surface area contributed by atoms with Crippen molar-refractivity contribution < 1.29 is 27.1 Å². The van der Waals surface area contributed by atoms with E-state index in [0.717, 1.165) is 13.0 Å². The topological polar surface area (TPSA) is 26.3 Å². The third kappa shape index (κ3) is 1.84. The van der Waals surface area contributed by atoms with Gasteiger partial charge in [-0.1, -0.05) is 0 Å². The van der Waals surface area contributed by atoms with Gasteiger partial charge in [0, 0.05) is 6.92 Å². The predicted octanol–water partition coefficient (Wildman–Crippen LogP) is 1.97. The van der Waals surface area contributed by atoms with Gasteiger partial charge in [0.2, 0.25) is 17.4 Å². The van der Waals surface area contributed by atoms with Crippen molar-refractivity contribution in [2.45, 2.75) is 6.92 Å². The number of carbonyl (C=O) groups is 1. The van der Waals surface area contributed by atoms with Gasteiger partial charge in [-0.25, -0.2) is 8.78 Å². The largest absolute Gasteiger partial charge is 0.420 e. The molecule has 0 atom stereocenters. The number of carbonyl (C=O) groups excluding carboxylic acids is 1. The molecule has 0 saturated carbocycles. The van der Waals surface area contributed by atoms with Gasteiger partial charge in [-0.2, -0.15) is 8.78 Å². The minimum atomic E-state index is -1.79. The average molecular weight is 207 g/mol. The van der Waals surface area contributed by atoms with Crippen LogP contribution < -0.4 is 4.74 Å². The van der Waals surface area contributed by atoms with E-state index in [1.54, 1.807) is 0 Å². The first kappa shape index (κ1) is 10.5. The van der Waals surface area contributed by atoms with Crippen LogP contribution in [-0.4, -0.2) is 5.97 Å². The second-order valence-electron chi connectivity index (χ2n) is 2.30. The number of ether oxygens (including phenoxy) is 1. The van der Waals surface area contributed by atoms with Gasteiger partial charge in [-0.05, 0) is 0 Å². The fourth-order valence-corrected chi connectivity index (χ4v) is 0.735. The molecule has 6 heteroatoms. The highest BCUT2D eigenvalue weighted by atomic mass is 19.2. The number of halogens is 4. The lowest BCUT2D eigenvalue weighted by Crippen LogP contribution is -2.08. The summed E-state index contributed by atoms with van der Waals surface area (Å²) >= 11 is 0. The van der Waals surface area contributed by atoms with Crippen LogP contribution in [0.4, 0.5) is 17.6 Å². The Labute approximate surface area is 76.1 Å². The summed E-state index contributed by atoms with van der Waals surface area (Å²) in [7, 11) is 0. The average Bonchev–Trinajstić information content (AvgIpc) is 2.09. The van der Waals surface area contributed by atoms with E-state index in [-0.39, 0.29) is 0 Å². The number of benzene rings is 1. The normalized spacial score (nSPS) is 10.1. The summed E-state index contributed by atoms with van der Waals surface area (Å²) in [6.07, 6.45) is 0. The lowest BCUT2D eigenvalue weighted by atomic mass is 10.3. The number of hydrogen-bond acceptors (Lipinski definition) is 2. The zero-order valence-electron chi connectivity index (χ0n) is 6.83. The zero-order valence-corrected chi connectivity index (χ0v) is 6.83. The first-order chi connectivity index (χ1) is 6.43. The van der Waals surface area contributed by atoms with Crippen LogP contribution in [0.1, 0.15) is 6.92 Å². The van der Waals surface area contributed by atoms with Crippen LogP contribution in [0.3, 0.4) is 0 Å². The van der Waals surface area contributed by atoms with Gasteiger partial charge in [0.15, 0.2) is 11.6 Å². The van der Waals surface area contributed by atoms with E-state index in [2.05, 4.69) is 4.74 Å². The van der Waals surface area contributed by atoms with Crippen LogP contribution in [0.25, 0.3) is 0 Å². The number of esters is 1. The molecule has 0 fully saturated rings. The SMILES string of the molecule is CC(=O)Oc1c(F)c(F)[c]c(F)c1F. The van der Waals surface area contributed by atoms with Crippen LogP contribution in [0.5, 0.6) is 5.75 Å². The third-order valence-corrected chi connectivity index (χ3v) is 1.25. The molecule has 0 heterocycles. The van der Waals surface area contributed by atoms with E-state index in [1.807, 2.05) is 0 Å². The van der Waals surface area contributed by atoms with E-state index in [9.17, 15) is 22.4 Å². The Balaban J connectivity index is 3.31. The molecule has 1 aromatic carbocycles. The molecule has 0 saturated heterocycles. The van der Waals surface area contributed by atoms with Crippen molar-refractivity contribution in [1.29, 1.82) is 0 Å². The lowest BCUT2D eigenvalue weighted by Gasteiger charge is -2.04. The summed E-state index contributed by atoms with van der Waals surface area (Å²) in [5, 5.41) is 0. The molecule has 75 valence electrons. The first-order valence-electron chi connectivity index (χ1n) is 3.37. The van der Waals surface area contributed by atoms with E-state index in [4.69, 9.17) is 0 Å². The van der Waals surface area contributed by atoms with Gasteiger partial charge < -0.3 is 4.74 Å². The van der Waals surface area contributed by atoms with Crippen molar-refractivity contribution in [1.82, 2.24) is 0 Å². The van der Waals surface area contributed by atoms with E-state index >= 15 is 0 Å². The molecule has 1 aromatic rings. The Morgan fingerprint density at radius 3 is 1.93 bits per heavy atom. The second kappa shape index (κ2) is 3.65. The van der Waals surface area contributed by atoms with E-state index < -0.39 is 35.0 Å². The quantitative estimate of drug-likeness (QED) is 0.304. The maximum Gasteiger partial charge on any atom is 0.308 e. The molecule has 14 heavy (non-hydrogen) atoms. The molecule has 2 nitrogen and oxygen atoms in total. The van der Waals surface area contributed by atoms with Gasteiger partial charge in [0.25, 0.3) is 0 Å². The molecule has 1 rings (SSSR count). The van der Waals surface area contributed by atoms with Crippen LogP contribution in [0, 0.1) is 29.3 Å². The Morgan fingerprint density at radius 1 is 1.14 bits per heavy atom. The van der Waals surface area contributed by atoms with Gasteiger partial charge in [0.05, 0.1) is 6.07 Å². The van der Waals surface area contributed by atoms with E-state index in [0.29, 0.717) is 0 Å². The van der Waals surface area contributed by atoms with Gasteiger partial charge >= 0.3 is 5.97 Å². The van der Waals surface area contributed by atoms with Crippen molar-refractivity contribution in [2.75, 3.05) is 0 Å². The fourth-order valence-electron chi connectivity index (χ4n) is 0.735. The Bertz CT molecular complexity index is 363. The number of hydrogen-bond donors (Lipinski definition) is 0. The maximum absolute atomic E-state index is 12.7. The summed E-state index contributed by atoms with van der Waals surface area (Å²) in [6, 6.07) is 1.15. The van der Waals surface area contributed by atoms with E-state index in [1.165, 1.54) is 0 Å². The molecule has 0 amide bonds. The Kier molecular flexibility index (Phi) is 2.73. The Morgan fingerprint density at radius 2 is 1.57 bits per heavy atom. The van der Waals surface area contributed by atoms with Crippen molar-refractivity contribution in [3.05, 3.63) is 29.3 Å². The molecule has 0 spiro atoms. The molecule has 0 aromatic heterocycles. The number of rotatable bonds is 1. The smallest absolute Gasteiger partial charge is 0.308 e. The van der Waals surface area contributed by atoms with Crippen molar-refractivity contribution >= 4 is 5.97 Å². The monoisotopic (exact) mass is 207 g/mol. The highest BCUT2D eigenvalue weighted by Gasteiger charge is 2.22. The molecule has 0 unspecified atom stereocenters. The van der Waals surface area contributed by atoms with Crippen LogP contribution in [0.15, 0.2) is 0 Å². The minimum Gasteiger partial charge on any atom is -0.420 e. The third-order valence-electron chi connectivity index (χ3n) is 1.25. The fraction of sp³-hybridized carbons (Fsp3) is 0.125. The first-order valence-corrected chi connectivity index (χ1v) is 3.37. The standard InChI is InChI=1S/C8H3F4O2/c1-3(13)14-8-6(11)4(9)2-5(10)7(8)12/h1H3. The van der Waals surface area contributed by atoms with Crippen LogP contribution in [-0.2, 0) is 4.79 Å². The molecule has 0 aliphatic carbocycles. The van der Waals surface area contributed by atoms with Crippen LogP contribution >= 0.6 is 0 Å². The molecular weight excluding hydrogens is 204 g/mol. The van der Waals surface area contributed by atoms with Gasteiger partial charge in [-0.15, -0.1) is 0 Å². The van der Waals surface area contributed by atoms with Gasteiger partial charge in [0.1, 0.15) is 0 Å². The maximum atomic E-state index is 12.7. The van der Waals surface area contributed by atoms with Crippen molar-refractivity contribution in [3.63, 3.8) is 0 Å². The molecule has 0 bridgehead atoms. The predicted molar refractivity (Wildman–Crippen MR) is 36.4 cm³/mol. The van der Waals surface area contributed by atoms with Gasteiger partial charge in [-0.3, -0.25) is 4.79 Å². The summed E-state index contributed by atoms with van der Waals surface area (Å²) < 4.78 is 54.3.